The molecule has 3 heteroatoms. The van der Waals surface area contributed by atoms with Crippen molar-refractivity contribution in [1.29, 1.82) is 0 Å². The zero-order valence-electron chi connectivity index (χ0n) is 27.1. The highest BCUT2D eigenvalue weighted by atomic mass is 15.0. The Morgan fingerprint density at radius 1 is 0.723 bits per heavy atom. The largest absolute Gasteiger partial charge is 0.313 e. The third-order valence-corrected chi connectivity index (χ3v) is 10.1. The van der Waals surface area contributed by atoms with Gasteiger partial charge in [0.2, 0.25) is 0 Å². The second-order valence-corrected chi connectivity index (χ2v) is 14.0. The standard InChI is InChI=1S/C44H37N3/c1-29-18-19-38-36-14-4-6-16-40(36)46(42(38)22-29)34-12-8-10-30(24-34)32-23-33(28-45-27-32)31-11-9-13-35(25-31)47-41-17-7-5-15-37(41)39-20-21-44(2,3)26-43(39)47/h4-20,22-23,25-28,30H,21,24H2,1-3H3. The maximum absolute atomic E-state index is 4.79. The van der Waals surface area contributed by atoms with E-state index < -0.39 is 0 Å². The highest BCUT2D eigenvalue weighted by Gasteiger charge is 2.22. The SMILES string of the molecule is Cc1ccc2c3ccccc3n(C3=CC=CC(c4cncc(-c5cccc(-n6c7c(c8ccccc86)=CCC(C)(C)C=7)c5)c4)C3)c2c1. The van der Waals surface area contributed by atoms with Crippen molar-refractivity contribution in [2.24, 2.45) is 5.41 Å². The van der Waals surface area contributed by atoms with Gasteiger partial charge in [0, 0.05) is 56.6 Å². The van der Waals surface area contributed by atoms with Gasteiger partial charge in [0.1, 0.15) is 0 Å². The Hall–Kier alpha value is -5.41. The van der Waals surface area contributed by atoms with E-state index in [0.717, 1.165) is 18.4 Å². The molecule has 47 heavy (non-hydrogen) atoms. The van der Waals surface area contributed by atoms with E-state index in [1.54, 1.807) is 0 Å². The van der Waals surface area contributed by atoms with Crippen molar-refractivity contribution in [3.8, 4) is 16.8 Å². The molecule has 228 valence electrons. The molecule has 2 aliphatic rings. The van der Waals surface area contributed by atoms with Crippen LogP contribution in [0.1, 0.15) is 43.7 Å². The number of aryl methyl sites for hydroxylation is 1. The second kappa shape index (κ2) is 10.6. The Morgan fingerprint density at radius 3 is 2.38 bits per heavy atom. The fourth-order valence-corrected chi connectivity index (χ4v) is 7.80. The van der Waals surface area contributed by atoms with Crippen LogP contribution in [0.25, 0.3) is 67.4 Å². The molecule has 0 fully saturated rings. The topological polar surface area (TPSA) is 22.8 Å². The van der Waals surface area contributed by atoms with Crippen LogP contribution in [-0.4, -0.2) is 14.1 Å². The number of para-hydroxylation sites is 2. The summed E-state index contributed by atoms with van der Waals surface area (Å²) >= 11 is 0. The first-order chi connectivity index (χ1) is 22.9. The predicted molar refractivity (Wildman–Crippen MR) is 198 cm³/mol. The maximum atomic E-state index is 4.79. The molecule has 4 aromatic carbocycles. The monoisotopic (exact) mass is 607 g/mol. The normalized spacial score (nSPS) is 17.0. The third-order valence-electron chi connectivity index (χ3n) is 10.1. The van der Waals surface area contributed by atoms with Crippen molar-refractivity contribution < 1.29 is 0 Å². The van der Waals surface area contributed by atoms with Crippen LogP contribution >= 0.6 is 0 Å². The van der Waals surface area contributed by atoms with Crippen LogP contribution in [0, 0.1) is 12.3 Å². The number of allylic oxidation sites excluding steroid dienone is 4. The van der Waals surface area contributed by atoms with Gasteiger partial charge >= 0.3 is 0 Å². The third kappa shape index (κ3) is 4.60. The number of nitrogens with zero attached hydrogens (tertiary/aromatic N) is 3. The molecule has 1 atom stereocenters. The van der Waals surface area contributed by atoms with Gasteiger partial charge in [-0.3, -0.25) is 4.98 Å². The van der Waals surface area contributed by atoms with E-state index in [0.29, 0.717) is 0 Å². The van der Waals surface area contributed by atoms with Crippen molar-refractivity contribution in [3.63, 3.8) is 0 Å². The number of fused-ring (bicyclic) bond motifs is 6. The molecule has 1 unspecified atom stereocenters. The molecule has 0 bridgehead atoms. The first kappa shape index (κ1) is 27.9. The number of benzene rings is 4. The van der Waals surface area contributed by atoms with Crippen LogP contribution in [-0.2, 0) is 0 Å². The lowest BCUT2D eigenvalue weighted by atomic mass is 9.86. The molecule has 3 heterocycles. The van der Waals surface area contributed by atoms with Crippen LogP contribution in [0.15, 0.2) is 128 Å². The average molecular weight is 608 g/mol. The minimum Gasteiger partial charge on any atom is -0.313 e. The molecule has 0 saturated heterocycles. The van der Waals surface area contributed by atoms with E-state index in [1.165, 1.54) is 71.4 Å². The summed E-state index contributed by atoms with van der Waals surface area (Å²) in [5.41, 5.74) is 11.2. The highest BCUT2D eigenvalue weighted by molar-refractivity contribution is 6.10. The van der Waals surface area contributed by atoms with Crippen LogP contribution in [0.2, 0.25) is 0 Å². The van der Waals surface area contributed by atoms with Crippen molar-refractivity contribution in [2.45, 2.75) is 39.5 Å². The van der Waals surface area contributed by atoms with Gasteiger partial charge in [0.05, 0.1) is 21.9 Å². The van der Waals surface area contributed by atoms with Crippen LogP contribution in [0.5, 0.6) is 0 Å². The molecule has 0 radical (unpaired) electrons. The van der Waals surface area contributed by atoms with Gasteiger partial charge < -0.3 is 9.13 Å². The highest BCUT2D eigenvalue weighted by Crippen LogP contribution is 2.38. The first-order valence-electron chi connectivity index (χ1n) is 16.7. The lowest BCUT2D eigenvalue weighted by Crippen LogP contribution is -2.34. The Balaban J connectivity index is 1.10. The molecule has 2 aliphatic carbocycles. The minimum atomic E-state index is 0.119. The maximum Gasteiger partial charge on any atom is 0.0540 e. The smallest absolute Gasteiger partial charge is 0.0540 e. The van der Waals surface area contributed by atoms with E-state index in [4.69, 9.17) is 4.98 Å². The van der Waals surface area contributed by atoms with Gasteiger partial charge in [-0.05, 0) is 84.3 Å². The predicted octanol–water partition coefficient (Wildman–Crippen LogP) is 9.68. The molecule has 7 aromatic rings. The summed E-state index contributed by atoms with van der Waals surface area (Å²) in [4.78, 5) is 4.79. The van der Waals surface area contributed by atoms with Gasteiger partial charge in [0.15, 0.2) is 0 Å². The summed E-state index contributed by atoms with van der Waals surface area (Å²) in [5, 5.41) is 6.56. The van der Waals surface area contributed by atoms with Gasteiger partial charge in [-0.25, -0.2) is 0 Å². The first-order valence-corrected chi connectivity index (χ1v) is 16.7. The Bertz CT molecular complexity index is 2570. The number of hydrogen-bond donors (Lipinski definition) is 0. The van der Waals surface area contributed by atoms with E-state index in [2.05, 4.69) is 157 Å². The Kier molecular flexibility index (Phi) is 6.26. The van der Waals surface area contributed by atoms with Crippen LogP contribution in [0.3, 0.4) is 0 Å². The summed E-state index contributed by atoms with van der Waals surface area (Å²) in [6, 6.07) is 35.7. The Labute approximate surface area is 275 Å². The number of aromatic nitrogens is 3. The summed E-state index contributed by atoms with van der Waals surface area (Å²) in [6.07, 6.45) is 17.7. The molecule has 3 nitrogen and oxygen atoms in total. The van der Waals surface area contributed by atoms with Crippen LogP contribution in [0.4, 0.5) is 0 Å². The zero-order chi connectivity index (χ0) is 31.7. The molecule has 0 amide bonds. The molecule has 0 N–H and O–H groups in total. The molecule has 0 aliphatic heterocycles. The molecule has 9 rings (SSSR count). The van der Waals surface area contributed by atoms with E-state index in [1.807, 2.05) is 12.4 Å². The van der Waals surface area contributed by atoms with Crippen molar-refractivity contribution in [2.75, 3.05) is 0 Å². The fraction of sp³-hybridized carbons (Fsp3) is 0.159. The summed E-state index contributed by atoms with van der Waals surface area (Å²) in [5.74, 6) is 0.236. The lowest BCUT2D eigenvalue weighted by Gasteiger charge is -2.22. The van der Waals surface area contributed by atoms with Crippen LogP contribution < -0.4 is 10.6 Å². The number of rotatable bonds is 4. The van der Waals surface area contributed by atoms with Gasteiger partial charge in [0.25, 0.3) is 0 Å². The van der Waals surface area contributed by atoms with Crippen molar-refractivity contribution in [3.05, 3.63) is 149 Å². The number of hydrogen-bond acceptors (Lipinski definition) is 1. The summed E-state index contributed by atoms with van der Waals surface area (Å²) < 4.78 is 4.91. The molecule has 3 aromatic heterocycles. The quantitative estimate of drug-likeness (QED) is 0.195. The van der Waals surface area contributed by atoms with E-state index in [-0.39, 0.29) is 11.3 Å². The molecule has 0 saturated carbocycles. The van der Waals surface area contributed by atoms with Gasteiger partial charge in [-0.15, -0.1) is 0 Å². The molecule has 0 spiro atoms. The van der Waals surface area contributed by atoms with E-state index >= 15 is 0 Å². The van der Waals surface area contributed by atoms with Crippen molar-refractivity contribution in [1.82, 2.24) is 14.1 Å². The lowest BCUT2D eigenvalue weighted by molar-refractivity contribution is 0.532. The summed E-state index contributed by atoms with van der Waals surface area (Å²) in [6.45, 7) is 6.83. The molecular weight excluding hydrogens is 571 g/mol. The van der Waals surface area contributed by atoms with Crippen molar-refractivity contribution >= 4 is 50.6 Å². The minimum absolute atomic E-state index is 0.119. The van der Waals surface area contributed by atoms with Gasteiger partial charge in [-0.2, -0.15) is 0 Å². The Morgan fingerprint density at radius 2 is 1.51 bits per heavy atom. The summed E-state index contributed by atoms with van der Waals surface area (Å²) in [7, 11) is 0. The van der Waals surface area contributed by atoms with E-state index in [9.17, 15) is 0 Å². The number of pyridine rings is 1. The average Bonchev–Trinajstić information content (AvgIpc) is 3.59. The zero-order valence-corrected chi connectivity index (χ0v) is 27.1. The molecular formula is C44H37N3. The second-order valence-electron chi connectivity index (χ2n) is 14.0. The van der Waals surface area contributed by atoms with Gasteiger partial charge in [-0.1, -0.05) is 98.8 Å². The fourth-order valence-electron chi connectivity index (χ4n) is 7.80.